The summed E-state index contributed by atoms with van der Waals surface area (Å²) in [6.07, 6.45) is 2.37. The van der Waals surface area contributed by atoms with Crippen LogP contribution in [0.25, 0.3) is 0 Å². The number of morpholine rings is 1. The van der Waals surface area contributed by atoms with E-state index in [-0.39, 0.29) is 0 Å². The minimum absolute atomic E-state index is 0.538. The van der Waals surface area contributed by atoms with Gasteiger partial charge in [0.1, 0.15) is 0 Å². The fourth-order valence-corrected chi connectivity index (χ4v) is 2.93. The van der Waals surface area contributed by atoms with Crippen molar-refractivity contribution in [1.29, 1.82) is 0 Å². The Balaban J connectivity index is 1.63. The van der Waals surface area contributed by atoms with Crippen LogP contribution in [0.2, 0.25) is 0 Å². The Bertz CT molecular complexity index is 466. The van der Waals surface area contributed by atoms with Crippen molar-refractivity contribution in [3.8, 4) is 0 Å². The lowest BCUT2D eigenvalue weighted by Crippen LogP contribution is -2.45. The smallest absolute Gasteiger partial charge is 0.191 e. The summed E-state index contributed by atoms with van der Waals surface area (Å²) in [5.41, 5.74) is 9.01. The summed E-state index contributed by atoms with van der Waals surface area (Å²) in [5, 5.41) is 0. The van der Waals surface area contributed by atoms with Crippen molar-refractivity contribution in [2.45, 2.75) is 18.8 Å². The highest BCUT2D eigenvalue weighted by Crippen LogP contribution is 2.32. The molecule has 1 heterocycles. The van der Waals surface area contributed by atoms with Crippen LogP contribution in [0.15, 0.2) is 29.3 Å². The molecule has 102 valence electrons. The largest absolute Gasteiger partial charge is 0.378 e. The first-order valence-electron chi connectivity index (χ1n) is 7.05. The molecular formula is C15H21N3O. The molecule has 1 saturated heterocycles. The van der Waals surface area contributed by atoms with Gasteiger partial charge in [0.2, 0.25) is 0 Å². The quantitative estimate of drug-likeness (QED) is 0.644. The Kier molecular flexibility index (Phi) is 3.69. The zero-order valence-electron chi connectivity index (χ0n) is 11.2. The van der Waals surface area contributed by atoms with E-state index >= 15 is 0 Å². The average molecular weight is 259 g/mol. The van der Waals surface area contributed by atoms with Crippen molar-refractivity contribution in [2.75, 3.05) is 32.8 Å². The summed E-state index contributed by atoms with van der Waals surface area (Å²) < 4.78 is 5.32. The van der Waals surface area contributed by atoms with Gasteiger partial charge >= 0.3 is 0 Å². The normalized spacial score (nSPS) is 23.5. The number of hydrogen-bond acceptors (Lipinski definition) is 2. The van der Waals surface area contributed by atoms with Crippen LogP contribution in [0.4, 0.5) is 0 Å². The average Bonchev–Trinajstić information content (AvgIpc) is 2.89. The van der Waals surface area contributed by atoms with E-state index in [1.54, 1.807) is 0 Å². The minimum atomic E-state index is 0.538. The molecule has 0 bridgehead atoms. The van der Waals surface area contributed by atoms with Crippen molar-refractivity contribution in [3.05, 3.63) is 35.4 Å². The van der Waals surface area contributed by atoms with Gasteiger partial charge in [-0.1, -0.05) is 24.3 Å². The van der Waals surface area contributed by atoms with Crippen LogP contribution in [0.3, 0.4) is 0 Å². The van der Waals surface area contributed by atoms with Crippen LogP contribution in [0.1, 0.15) is 23.5 Å². The van der Waals surface area contributed by atoms with E-state index in [0.29, 0.717) is 11.9 Å². The van der Waals surface area contributed by atoms with Gasteiger partial charge in [0.15, 0.2) is 5.96 Å². The van der Waals surface area contributed by atoms with E-state index < -0.39 is 0 Å². The van der Waals surface area contributed by atoms with E-state index in [9.17, 15) is 0 Å². The third-order valence-corrected chi connectivity index (χ3v) is 4.07. The number of benzene rings is 1. The second kappa shape index (κ2) is 5.61. The molecular weight excluding hydrogens is 238 g/mol. The van der Waals surface area contributed by atoms with Crippen LogP contribution in [-0.4, -0.2) is 43.7 Å². The SMILES string of the molecule is NC(=NCC1CCc2ccccc21)N1CCOCC1. The van der Waals surface area contributed by atoms with Crippen LogP contribution >= 0.6 is 0 Å². The Labute approximate surface area is 114 Å². The summed E-state index contributed by atoms with van der Waals surface area (Å²) in [5.74, 6) is 1.21. The number of aryl methyl sites for hydroxylation is 1. The summed E-state index contributed by atoms with van der Waals surface area (Å²) in [7, 11) is 0. The van der Waals surface area contributed by atoms with Gasteiger partial charge in [-0.15, -0.1) is 0 Å². The minimum Gasteiger partial charge on any atom is -0.378 e. The highest BCUT2D eigenvalue weighted by Gasteiger charge is 2.22. The molecule has 1 fully saturated rings. The van der Waals surface area contributed by atoms with Crippen LogP contribution in [0.5, 0.6) is 0 Å². The Morgan fingerprint density at radius 1 is 1.32 bits per heavy atom. The summed E-state index contributed by atoms with van der Waals surface area (Å²) in [6.45, 7) is 4.03. The Morgan fingerprint density at radius 2 is 2.11 bits per heavy atom. The molecule has 1 aliphatic heterocycles. The van der Waals surface area contributed by atoms with Gasteiger partial charge in [-0.3, -0.25) is 4.99 Å². The van der Waals surface area contributed by atoms with Crippen molar-refractivity contribution >= 4 is 5.96 Å². The molecule has 0 amide bonds. The first kappa shape index (κ1) is 12.5. The van der Waals surface area contributed by atoms with Gasteiger partial charge in [-0.25, -0.2) is 0 Å². The van der Waals surface area contributed by atoms with Gasteiger partial charge in [0.25, 0.3) is 0 Å². The molecule has 0 aromatic heterocycles. The van der Waals surface area contributed by atoms with E-state index in [2.05, 4.69) is 34.2 Å². The fourth-order valence-electron chi connectivity index (χ4n) is 2.93. The molecule has 1 aliphatic carbocycles. The number of nitrogens with two attached hydrogens (primary N) is 1. The molecule has 3 rings (SSSR count). The Morgan fingerprint density at radius 3 is 2.95 bits per heavy atom. The lowest BCUT2D eigenvalue weighted by Gasteiger charge is -2.27. The first-order chi connectivity index (χ1) is 9.34. The lowest BCUT2D eigenvalue weighted by atomic mass is 10.0. The predicted octanol–water partition coefficient (Wildman–Crippen LogP) is 1.36. The third kappa shape index (κ3) is 2.73. The topological polar surface area (TPSA) is 50.8 Å². The highest BCUT2D eigenvalue weighted by molar-refractivity contribution is 5.78. The second-order valence-electron chi connectivity index (χ2n) is 5.23. The maximum Gasteiger partial charge on any atom is 0.191 e. The number of aliphatic imine (C=N–C) groups is 1. The number of fused-ring (bicyclic) bond motifs is 1. The van der Waals surface area contributed by atoms with Crippen LogP contribution in [-0.2, 0) is 11.2 Å². The van der Waals surface area contributed by atoms with Crippen molar-refractivity contribution in [1.82, 2.24) is 4.90 Å². The van der Waals surface area contributed by atoms with Crippen molar-refractivity contribution in [2.24, 2.45) is 10.7 Å². The molecule has 1 atom stereocenters. The Hall–Kier alpha value is -1.55. The summed E-state index contributed by atoms with van der Waals surface area (Å²) >= 11 is 0. The maximum absolute atomic E-state index is 6.07. The molecule has 2 aliphatic rings. The van der Waals surface area contributed by atoms with Crippen LogP contribution < -0.4 is 5.73 Å². The number of guanidine groups is 1. The number of ether oxygens (including phenoxy) is 1. The van der Waals surface area contributed by atoms with Crippen molar-refractivity contribution < 1.29 is 4.74 Å². The summed E-state index contributed by atoms with van der Waals surface area (Å²) in [6, 6.07) is 8.69. The molecule has 2 N–H and O–H groups in total. The first-order valence-corrected chi connectivity index (χ1v) is 7.05. The van der Waals surface area contributed by atoms with E-state index in [4.69, 9.17) is 10.5 Å². The van der Waals surface area contributed by atoms with Gasteiger partial charge in [0, 0.05) is 25.6 Å². The summed E-state index contributed by atoms with van der Waals surface area (Å²) in [4.78, 5) is 6.71. The lowest BCUT2D eigenvalue weighted by molar-refractivity contribution is 0.0674. The number of hydrogen-bond donors (Lipinski definition) is 1. The fraction of sp³-hybridized carbons (Fsp3) is 0.533. The predicted molar refractivity (Wildman–Crippen MR) is 76.4 cm³/mol. The van der Waals surface area contributed by atoms with E-state index in [0.717, 1.165) is 32.8 Å². The molecule has 4 nitrogen and oxygen atoms in total. The molecule has 1 unspecified atom stereocenters. The molecule has 1 aromatic rings. The number of rotatable bonds is 2. The van der Waals surface area contributed by atoms with Crippen LogP contribution in [0, 0.1) is 0 Å². The van der Waals surface area contributed by atoms with Gasteiger partial charge in [-0.05, 0) is 24.0 Å². The van der Waals surface area contributed by atoms with Crippen molar-refractivity contribution in [3.63, 3.8) is 0 Å². The zero-order valence-corrected chi connectivity index (χ0v) is 11.2. The number of nitrogens with zero attached hydrogens (tertiary/aromatic N) is 2. The molecule has 0 saturated carbocycles. The zero-order chi connectivity index (χ0) is 13.1. The third-order valence-electron chi connectivity index (χ3n) is 4.07. The van der Waals surface area contributed by atoms with Gasteiger partial charge < -0.3 is 15.4 Å². The second-order valence-corrected chi connectivity index (χ2v) is 5.23. The molecule has 4 heteroatoms. The highest BCUT2D eigenvalue weighted by atomic mass is 16.5. The molecule has 0 radical (unpaired) electrons. The van der Waals surface area contributed by atoms with E-state index in [1.807, 2.05) is 0 Å². The van der Waals surface area contributed by atoms with E-state index in [1.165, 1.54) is 24.0 Å². The molecule has 1 aromatic carbocycles. The molecule has 19 heavy (non-hydrogen) atoms. The molecule has 0 spiro atoms. The van der Waals surface area contributed by atoms with Gasteiger partial charge in [0.05, 0.1) is 13.2 Å². The standard InChI is InChI=1S/C15H21N3O/c16-15(18-7-9-19-10-8-18)17-11-13-6-5-12-3-1-2-4-14(12)13/h1-4,13H,5-11H2,(H2,16,17). The maximum atomic E-state index is 6.07. The monoisotopic (exact) mass is 259 g/mol. The van der Waals surface area contributed by atoms with Gasteiger partial charge in [-0.2, -0.15) is 0 Å².